The number of likely N-dealkylation sites (N-methyl/N-ethyl adjacent to an activating group) is 1. The average molecular weight is 223 g/mol. The first-order valence-corrected chi connectivity index (χ1v) is 5.45. The number of hydrogen-bond acceptors (Lipinski definition) is 3. The molecule has 0 spiro atoms. The van der Waals surface area contributed by atoms with Crippen molar-refractivity contribution in [2.75, 3.05) is 20.7 Å². The maximum absolute atomic E-state index is 10.4. The predicted octanol–water partition coefficient (Wildman–Crippen LogP) is 1.74. The van der Waals surface area contributed by atoms with E-state index in [1.54, 1.807) is 14.0 Å². The molecule has 0 saturated heterocycles. The first-order valence-electron chi connectivity index (χ1n) is 5.45. The summed E-state index contributed by atoms with van der Waals surface area (Å²) in [5, 5.41) is 13.4. The van der Waals surface area contributed by atoms with Crippen molar-refractivity contribution in [3.63, 3.8) is 0 Å². The van der Waals surface area contributed by atoms with Gasteiger partial charge in [0, 0.05) is 12.1 Å². The molecule has 3 nitrogen and oxygen atoms in total. The molecule has 0 bridgehead atoms. The SMILES string of the molecule is CNCC(C)(O)c1ccc(C)c(C)c1OC. The van der Waals surface area contributed by atoms with Gasteiger partial charge < -0.3 is 15.2 Å². The van der Waals surface area contributed by atoms with Crippen LogP contribution in [0, 0.1) is 13.8 Å². The molecule has 0 fully saturated rings. The predicted molar refractivity (Wildman–Crippen MR) is 66.0 cm³/mol. The molecule has 16 heavy (non-hydrogen) atoms. The van der Waals surface area contributed by atoms with E-state index < -0.39 is 5.60 Å². The van der Waals surface area contributed by atoms with Crippen molar-refractivity contribution in [1.29, 1.82) is 0 Å². The zero-order valence-electron chi connectivity index (χ0n) is 10.7. The first-order chi connectivity index (χ1) is 7.44. The van der Waals surface area contributed by atoms with Crippen LogP contribution in [0.1, 0.15) is 23.6 Å². The Kier molecular flexibility index (Phi) is 3.94. The van der Waals surface area contributed by atoms with Gasteiger partial charge in [-0.25, -0.2) is 0 Å². The second-order valence-corrected chi connectivity index (χ2v) is 4.39. The molecule has 90 valence electrons. The minimum Gasteiger partial charge on any atom is -0.496 e. The lowest BCUT2D eigenvalue weighted by molar-refractivity contribution is 0.0564. The van der Waals surface area contributed by atoms with E-state index in [0.717, 1.165) is 16.9 Å². The van der Waals surface area contributed by atoms with Gasteiger partial charge in [-0.1, -0.05) is 12.1 Å². The Balaban J connectivity index is 3.28. The van der Waals surface area contributed by atoms with Gasteiger partial charge in [-0.05, 0) is 38.9 Å². The van der Waals surface area contributed by atoms with E-state index in [2.05, 4.69) is 5.32 Å². The normalized spacial score (nSPS) is 14.6. The fourth-order valence-corrected chi connectivity index (χ4v) is 1.92. The molecule has 2 N–H and O–H groups in total. The summed E-state index contributed by atoms with van der Waals surface area (Å²) in [6.07, 6.45) is 0. The summed E-state index contributed by atoms with van der Waals surface area (Å²) >= 11 is 0. The molecule has 0 saturated carbocycles. The first kappa shape index (κ1) is 13.0. The van der Waals surface area contributed by atoms with E-state index >= 15 is 0 Å². The fourth-order valence-electron chi connectivity index (χ4n) is 1.92. The van der Waals surface area contributed by atoms with Crippen LogP contribution >= 0.6 is 0 Å². The van der Waals surface area contributed by atoms with E-state index in [4.69, 9.17) is 4.74 Å². The molecule has 1 aromatic carbocycles. The van der Waals surface area contributed by atoms with Crippen molar-refractivity contribution in [2.24, 2.45) is 0 Å². The molecule has 1 unspecified atom stereocenters. The molecule has 0 radical (unpaired) electrons. The Morgan fingerprint density at radius 3 is 2.50 bits per heavy atom. The van der Waals surface area contributed by atoms with Crippen LogP contribution in [0.5, 0.6) is 5.75 Å². The average Bonchev–Trinajstić information content (AvgIpc) is 2.21. The fraction of sp³-hybridized carbons (Fsp3) is 0.538. The van der Waals surface area contributed by atoms with Gasteiger partial charge in [0.15, 0.2) is 0 Å². The maximum Gasteiger partial charge on any atom is 0.128 e. The Morgan fingerprint density at radius 2 is 2.00 bits per heavy atom. The lowest BCUT2D eigenvalue weighted by atomic mass is 9.91. The molecule has 0 aliphatic carbocycles. The molecule has 0 aromatic heterocycles. The van der Waals surface area contributed by atoms with Crippen molar-refractivity contribution in [3.05, 3.63) is 28.8 Å². The summed E-state index contributed by atoms with van der Waals surface area (Å²) in [5.41, 5.74) is 2.16. The molecule has 0 amide bonds. The largest absolute Gasteiger partial charge is 0.496 e. The van der Waals surface area contributed by atoms with Gasteiger partial charge in [-0.3, -0.25) is 0 Å². The van der Waals surface area contributed by atoms with E-state index in [-0.39, 0.29) is 0 Å². The molecule has 3 heteroatoms. The van der Waals surface area contributed by atoms with E-state index in [9.17, 15) is 5.11 Å². The number of hydrogen-bond donors (Lipinski definition) is 2. The van der Waals surface area contributed by atoms with Crippen LogP contribution in [0.2, 0.25) is 0 Å². The van der Waals surface area contributed by atoms with Crippen LogP contribution < -0.4 is 10.1 Å². The van der Waals surface area contributed by atoms with E-state index in [1.165, 1.54) is 5.56 Å². The summed E-state index contributed by atoms with van der Waals surface area (Å²) < 4.78 is 5.40. The summed E-state index contributed by atoms with van der Waals surface area (Å²) in [6.45, 7) is 6.32. The van der Waals surface area contributed by atoms with Gasteiger partial charge in [0.05, 0.1) is 7.11 Å². The third kappa shape index (κ3) is 2.36. The smallest absolute Gasteiger partial charge is 0.128 e. The quantitative estimate of drug-likeness (QED) is 0.817. The Bertz CT molecular complexity index is 372. The van der Waals surface area contributed by atoms with Gasteiger partial charge in [-0.15, -0.1) is 0 Å². The van der Waals surface area contributed by atoms with Gasteiger partial charge in [-0.2, -0.15) is 0 Å². The highest BCUT2D eigenvalue weighted by Gasteiger charge is 2.27. The Labute approximate surface area is 97.4 Å². The molecule has 0 aliphatic heterocycles. The van der Waals surface area contributed by atoms with Gasteiger partial charge in [0.25, 0.3) is 0 Å². The number of aliphatic hydroxyl groups is 1. The van der Waals surface area contributed by atoms with Crippen molar-refractivity contribution in [1.82, 2.24) is 5.32 Å². The summed E-state index contributed by atoms with van der Waals surface area (Å²) in [5.74, 6) is 0.778. The second kappa shape index (κ2) is 4.85. The minimum absolute atomic E-state index is 0.492. The number of rotatable bonds is 4. The number of nitrogens with one attached hydrogen (secondary N) is 1. The van der Waals surface area contributed by atoms with E-state index in [1.807, 2.05) is 33.0 Å². The topological polar surface area (TPSA) is 41.5 Å². The molecule has 0 heterocycles. The zero-order valence-corrected chi connectivity index (χ0v) is 10.7. The number of benzene rings is 1. The van der Waals surface area contributed by atoms with Crippen LogP contribution in [-0.4, -0.2) is 25.8 Å². The van der Waals surface area contributed by atoms with Gasteiger partial charge in [0.2, 0.25) is 0 Å². The zero-order chi connectivity index (χ0) is 12.3. The van der Waals surface area contributed by atoms with Crippen LogP contribution in [0.25, 0.3) is 0 Å². The van der Waals surface area contributed by atoms with Crippen molar-refractivity contribution in [2.45, 2.75) is 26.4 Å². The Hall–Kier alpha value is -1.06. The highest BCUT2D eigenvalue weighted by atomic mass is 16.5. The number of methoxy groups -OCH3 is 1. The molecular formula is C13H21NO2. The highest BCUT2D eigenvalue weighted by molar-refractivity contribution is 5.47. The molecule has 1 atom stereocenters. The molecule has 0 aliphatic rings. The third-order valence-electron chi connectivity index (χ3n) is 2.98. The van der Waals surface area contributed by atoms with Gasteiger partial charge >= 0.3 is 0 Å². The standard InChI is InChI=1S/C13H21NO2/c1-9-6-7-11(12(16-5)10(9)2)13(3,15)8-14-4/h6-7,14-15H,8H2,1-5H3. The Morgan fingerprint density at radius 1 is 1.38 bits per heavy atom. The molecule has 1 rings (SSSR count). The van der Waals surface area contributed by atoms with Crippen LogP contribution in [-0.2, 0) is 5.60 Å². The van der Waals surface area contributed by atoms with Crippen molar-refractivity contribution >= 4 is 0 Å². The maximum atomic E-state index is 10.4. The van der Waals surface area contributed by atoms with Crippen LogP contribution in [0.4, 0.5) is 0 Å². The third-order valence-corrected chi connectivity index (χ3v) is 2.98. The molecular weight excluding hydrogens is 202 g/mol. The minimum atomic E-state index is -0.918. The summed E-state index contributed by atoms with van der Waals surface area (Å²) in [4.78, 5) is 0. The van der Waals surface area contributed by atoms with Gasteiger partial charge in [0.1, 0.15) is 11.4 Å². The summed E-state index contributed by atoms with van der Waals surface area (Å²) in [7, 11) is 3.46. The van der Waals surface area contributed by atoms with Crippen molar-refractivity contribution in [3.8, 4) is 5.75 Å². The number of aryl methyl sites for hydroxylation is 1. The lowest BCUT2D eigenvalue weighted by Crippen LogP contribution is -2.34. The van der Waals surface area contributed by atoms with Crippen LogP contribution in [0.3, 0.4) is 0 Å². The van der Waals surface area contributed by atoms with E-state index in [0.29, 0.717) is 6.54 Å². The lowest BCUT2D eigenvalue weighted by Gasteiger charge is -2.27. The highest BCUT2D eigenvalue weighted by Crippen LogP contribution is 2.33. The summed E-state index contributed by atoms with van der Waals surface area (Å²) in [6, 6.07) is 3.94. The van der Waals surface area contributed by atoms with Crippen LogP contribution in [0.15, 0.2) is 12.1 Å². The van der Waals surface area contributed by atoms with Crippen molar-refractivity contribution < 1.29 is 9.84 Å². The monoisotopic (exact) mass is 223 g/mol. The number of ether oxygens (including phenoxy) is 1. The second-order valence-electron chi connectivity index (χ2n) is 4.39. The molecule has 1 aromatic rings.